The lowest BCUT2D eigenvalue weighted by Gasteiger charge is -2.16. The third-order valence-corrected chi connectivity index (χ3v) is 4.82. The van der Waals surface area contributed by atoms with E-state index in [1.54, 1.807) is 12.1 Å². The number of hydrogen-bond acceptors (Lipinski definition) is 5. The van der Waals surface area contributed by atoms with Crippen LogP contribution in [0.1, 0.15) is 55.5 Å². The second kappa shape index (κ2) is 10.7. The third kappa shape index (κ3) is 5.86. The van der Waals surface area contributed by atoms with E-state index in [9.17, 15) is 4.79 Å². The number of pyridine rings is 1. The van der Waals surface area contributed by atoms with Crippen molar-refractivity contribution in [1.82, 2.24) is 10.3 Å². The van der Waals surface area contributed by atoms with Crippen LogP contribution in [0.5, 0.6) is 11.5 Å². The summed E-state index contributed by atoms with van der Waals surface area (Å²) in [6, 6.07) is 9.39. The number of carbonyl (C=O) groups excluding carboxylic acids is 1. The molecule has 0 unspecified atom stereocenters. The minimum atomic E-state index is -0.142. The Balaban J connectivity index is 1.60. The molecule has 1 aromatic carbocycles. The lowest BCUT2D eigenvalue weighted by molar-refractivity contribution is 0.0950. The number of nitrogens with zero attached hydrogens (tertiary/aromatic N) is 2. The fourth-order valence-corrected chi connectivity index (χ4v) is 3.24. The number of anilines is 1. The highest BCUT2D eigenvalue weighted by Gasteiger charge is 2.14. The molecule has 156 valence electrons. The summed E-state index contributed by atoms with van der Waals surface area (Å²) in [5.41, 5.74) is 1.54. The number of aromatic nitrogens is 1. The SMILES string of the molecule is CCCOc1ccc(C(=O)NCc2ccc(N3CCCC3)nc2)cc1OCCC. The largest absolute Gasteiger partial charge is 0.490 e. The van der Waals surface area contributed by atoms with E-state index < -0.39 is 0 Å². The molecule has 0 radical (unpaired) electrons. The molecule has 0 bridgehead atoms. The molecule has 2 heterocycles. The van der Waals surface area contributed by atoms with Crippen LogP contribution in [0, 0.1) is 0 Å². The molecule has 1 aliphatic heterocycles. The molecule has 29 heavy (non-hydrogen) atoms. The molecule has 2 aromatic rings. The lowest BCUT2D eigenvalue weighted by atomic mass is 10.1. The van der Waals surface area contributed by atoms with E-state index in [-0.39, 0.29) is 5.91 Å². The molecule has 1 aliphatic rings. The van der Waals surface area contributed by atoms with E-state index in [0.29, 0.717) is 36.8 Å². The van der Waals surface area contributed by atoms with Crippen LogP contribution in [0.4, 0.5) is 5.82 Å². The molecule has 6 nitrogen and oxygen atoms in total. The Hall–Kier alpha value is -2.76. The maximum absolute atomic E-state index is 12.6. The first kappa shape index (κ1) is 21.0. The zero-order valence-electron chi connectivity index (χ0n) is 17.4. The van der Waals surface area contributed by atoms with E-state index in [1.807, 2.05) is 31.3 Å². The van der Waals surface area contributed by atoms with Gasteiger partial charge in [0, 0.05) is 31.4 Å². The van der Waals surface area contributed by atoms with Crippen LogP contribution < -0.4 is 19.7 Å². The fraction of sp³-hybridized carbons (Fsp3) is 0.478. The smallest absolute Gasteiger partial charge is 0.251 e. The standard InChI is InChI=1S/C23H31N3O3/c1-3-13-28-20-9-8-19(15-21(20)29-14-4-2)23(27)25-17-18-7-10-22(24-16-18)26-11-5-6-12-26/h7-10,15-16H,3-6,11-14,17H2,1-2H3,(H,25,27). The van der Waals surface area contributed by atoms with E-state index in [4.69, 9.17) is 9.47 Å². The molecule has 1 saturated heterocycles. The van der Waals surface area contributed by atoms with Gasteiger partial charge in [0.05, 0.1) is 13.2 Å². The normalized spacial score (nSPS) is 13.4. The van der Waals surface area contributed by atoms with Gasteiger partial charge in [-0.05, 0) is 55.5 Å². The summed E-state index contributed by atoms with van der Waals surface area (Å²) in [6.45, 7) is 7.89. The summed E-state index contributed by atoms with van der Waals surface area (Å²) in [5, 5.41) is 2.96. The van der Waals surface area contributed by atoms with Gasteiger partial charge in [0.1, 0.15) is 5.82 Å². The first-order valence-corrected chi connectivity index (χ1v) is 10.6. The van der Waals surface area contributed by atoms with Gasteiger partial charge in [-0.3, -0.25) is 4.79 Å². The minimum Gasteiger partial charge on any atom is -0.490 e. The Bertz CT molecular complexity index is 786. The summed E-state index contributed by atoms with van der Waals surface area (Å²) in [4.78, 5) is 19.4. The predicted molar refractivity (Wildman–Crippen MR) is 115 cm³/mol. The first-order valence-electron chi connectivity index (χ1n) is 10.6. The van der Waals surface area contributed by atoms with E-state index >= 15 is 0 Å². The van der Waals surface area contributed by atoms with Crippen LogP contribution in [0.3, 0.4) is 0 Å². The lowest BCUT2D eigenvalue weighted by Crippen LogP contribution is -2.23. The van der Waals surface area contributed by atoms with Crippen LogP contribution >= 0.6 is 0 Å². The number of carbonyl (C=O) groups is 1. The van der Waals surface area contributed by atoms with Gasteiger partial charge in [0.25, 0.3) is 5.91 Å². The fourth-order valence-electron chi connectivity index (χ4n) is 3.24. The molecule has 3 rings (SSSR count). The van der Waals surface area contributed by atoms with Crippen LogP contribution in [0.25, 0.3) is 0 Å². The van der Waals surface area contributed by atoms with Crippen molar-refractivity contribution in [3.8, 4) is 11.5 Å². The number of nitrogens with one attached hydrogen (secondary N) is 1. The van der Waals surface area contributed by atoms with Crippen LogP contribution in [-0.4, -0.2) is 37.2 Å². The summed E-state index contributed by atoms with van der Waals surface area (Å²) >= 11 is 0. The second-order valence-electron chi connectivity index (χ2n) is 7.26. The van der Waals surface area contributed by atoms with E-state index in [1.165, 1.54) is 12.8 Å². The highest BCUT2D eigenvalue weighted by molar-refractivity contribution is 5.94. The van der Waals surface area contributed by atoms with Crippen molar-refractivity contribution in [3.63, 3.8) is 0 Å². The second-order valence-corrected chi connectivity index (χ2v) is 7.26. The molecule has 0 saturated carbocycles. The van der Waals surface area contributed by atoms with Crippen LogP contribution in [0.2, 0.25) is 0 Å². The number of rotatable bonds is 10. The maximum Gasteiger partial charge on any atom is 0.251 e. The van der Waals surface area contributed by atoms with Gasteiger partial charge >= 0.3 is 0 Å². The molecule has 0 atom stereocenters. The van der Waals surface area contributed by atoms with Gasteiger partial charge in [0.15, 0.2) is 11.5 Å². The van der Waals surface area contributed by atoms with Gasteiger partial charge in [0.2, 0.25) is 0 Å². The summed E-state index contributed by atoms with van der Waals surface area (Å²) in [7, 11) is 0. The van der Waals surface area contributed by atoms with Crippen LogP contribution in [-0.2, 0) is 6.54 Å². The van der Waals surface area contributed by atoms with Gasteiger partial charge in [-0.2, -0.15) is 0 Å². The molecule has 1 amide bonds. The Morgan fingerprint density at radius 3 is 2.41 bits per heavy atom. The van der Waals surface area contributed by atoms with Crippen molar-refractivity contribution in [1.29, 1.82) is 0 Å². The average molecular weight is 398 g/mol. The first-order chi connectivity index (χ1) is 14.2. The topological polar surface area (TPSA) is 63.7 Å². The van der Waals surface area contributed by atoms with E-state index in [0.717, 1.165) is 37.3 Å². The number of amides is 1. The van der Waals surface area contributed by atoms with E-state index in [2.05, 4.69) is 22.1 Å². The van der Waals surface area contributed by atoms with Gasteiger partial charge in [-0.1, -0.05) is 19.9 Å². The quantitative estimate of drug-likeness (QED) is 0.651. The van der Waals surface area contributed by atoms with Crippen molar-refractivity contribution >= 4 is 11.7 Å². The summed E-state index contributed by atoms with van der Waals surface area (Å²) < 4.78 is 11.5. The van der Waals surface area contributed by atoms with Crippen molar-refractivity contribution in [2.45, 2.75) is 46.1 Å². The molecular formula is C23H31N3O3. The maximum atomic E-state index is 12.6. The molecular weight excluding hydrogens is 366 g/mol. The average Bonchev–Trinajstić information content (AvgIpc) is 3.30. The monoisotopic (exact) mass is 397 g/mol. The molecule has 6 heteroatoms. The molecule has 1 aromatic heterocycles. The van der Waals surface area contributed by atoms with Crippen molar-refractivity contribution in [3.05, 3.63) is 47.7 Å². The van der Waals surface area contributed by atoms with Gasteiger partial charge < -0.3 is 19.7 Å². The Morgan fingerprint density at radius 1 is 1.03 bits per heavy atom. The molecule has 1 N–H and O–H groups in total. The minimum absolute atomic E-state index is 0.142. The predicted octanol–water partition coefficient (Wildman–Crippen LogP) is 4.19. The molecule has 1 fully saturated rings. The zero-order valence-corrected chi connectivity index (χ0v) is 17.4. The Morgan fingerprint density at radius 2 is 1.76 bits per heavy atom. The van der Waals surface area contributed by atoms with Crippen molar-refractivity contribution in [2.24, 2.45) is 0 Å². The number of benzene rings is 1. The summed E-state index contributed by atoms with van der Waals surface area (Å²) in [5.74, 6) is 2.16. The molecule has 0 aliphatic carbocycles. The van der Waals surface area contributed by atoms with Crippen LogP contribution in [0.15, 0.2) is 36.5 Å². The zero-order chi connectivity index (χ0) is 20.5. The number of hydrogen-bond donors (Lipinski definition) is 1. The van der Waals surface area contributed by atoms with Crippen molar-refractivity contribution in [2.75, 3.05) is 31.2 Å². The van der Waals surface area contributed by atoms with Gasteiger partial charge in [-0.25, -0.2) is 4.98 Å². The summed E-state index contributed by atoms with van der Waals surface area (Å²) in [6.07, 6.45) is 6.10. The highest BCUT2D eigenvalue weighted by atomic mass is 16.5. The molecule has 0 spiro atoms. The van der Waals surface area contributed by atoms with Gasteiger partial charge in [-0.15, -0.1) is 0 Å². The highest BCUT2D eigenvalue weighted by Crippen LogP contribution is 2.29. The third-order valence-electron chi connectivity index (χ3n) is 4.82. The Labute approximate surface area is 173 Å². The number of ether oxygens (including phenoxy) is 2. The van der Waals surface area contributed by atoms with Crippen molar-refractivity contribution < 1.29 is 14.3 Å². The Kier molecular flexibility index (Phi) is 7.73.